The molecule has 0 saturated heterocycles. The number of nitrogens with zero attached hydrogens (tertiary/aromatic N) is 1. The lowest BCUT2D eigenvalue weighted by Gasteiger charge is -2.22. The summed E-state index contributed by atoms with van der Waals surface area (Å²) in [5.74, 6) is -1.19. The SMILES string of the molecule is CC(C)(C)c1cccc(C(=O)O)c1N=C(N)N.Cl. The van der Waals surface area contributed by atoms with E-state index in [0.717, 1.165) is 5.56 Å². The van der Waals surface area contributed by atoms with Gasteiger partial charge in [0.15, 0.2) is 5.96 Å². The Hall–Kier alpha value is -1.75. The number of hydrogen-bond donors (Lipinski definition) is 3. The Labute approximate surface area is 112 Å². The number of rotatable bonds is 2. The molecule has 5 nitrogen and oxygen atoms in total. The van der Waals surface area contributed by atoms with Crippen LogP contribution >= 0.6 is 12.4 Å². The number of carbonyl (C=O) groups is 1. The predicted octanol–water partition coefficient (Wildman–Crippen LogP) is 2.01. The molecule has 0 saturated carbocycles. The summed E-state index contributed by atoms with van der Waals surface area (Å²) in [7, 11) is 0. The molecule has 0 aromatic heterocycles. The number of carboxylic acid groups (broad SMARTS) is 1. The minimum absolute atomic E-state index is 0. The van der Waals surface area contributed by atoms with E-state index in [1.165, 1.54) is 6.07 Å². The van der Waals surface area contributed by atoms with Crippen LogP contribution in [-0.4, -0.2) is 17.0 Å². The van der Waals surface area contributed by atoms with Crippen LogP contribution in [0, 0.1) is 0 Å². The van der Waals surface area contributed by atoms with Crippen LogP contribution in [0.3, 0.4) is 0 Å². The zero-order valence-corrected chi connectivity index (χ0v) is 11.4. The Kier molecular flexibility index (Phi) is 5.17. The lowest BCUT2D eigenvalue weighted by Crippen LogP contribution is -2.23. The van der Waals surface area contributed by atoms with Gasteiger partial charge < -0.3 is 16.6 Å². The van der Waals surface area contributed by atoms with Gasteiger partial charge in [-0.05, 0) is 17.0 Å². The molecule has 6 heteroatoms. The van der Waals surface area contributed by atoms with Crippen molar-refractivity contribution >= 4 is 30.0 Å². The fraction of sp³-hybridized carbons (Fsp3) is 0.333. The van der Waals surface area contributed by atoms with Crippen LogP contribution in [0.5, 0.6) is 0 Å². The summed E-state index contributed by atoms with van der Waals surface area (Å²) in [4.78, 5) is 15.1. The van der Waals surface area contributed by atoms with Gasteiger partial charge in [0.05, 0.1) is 11.3 Å². The first-order valence-electron chi connectivity index (χ1n) is 5.20. The van der Waals surface area contributed by atoms with E-state index in [1.54, 1.807) is 6.07 Å². The van der Waals surface area contributed by atoms with Crippen LogP contribution in [0.1, 0.15) is 36.7 Å². The average molecular weight is 272 g/mol. The molecule has 0 aliphatic rings. The van der Waals surface area contributed by atoms with Crippen molar-refractivity contribution in [2.45, 2.75) is 26.2 Å². The smallest absolute Gasteiger partial charge is 0.337 e. The van der Waals surface area contributed by atoms with Crippen LogP contribution in [-0.2, 0) is 5.41 Å². The third-order valence-corrected chi connectivity index (χ3v) is 2.32. The molecule has 18 heavy (non-hydrogen) atoms. The first-order valence-corrected chi connectivity index (χ1v) is 5.20. The first kappa shape index (κ1) is 16.2. The molecule has 0 unspecified atom stereocenters. The molecule has 0 aliphatic carbocycles. The number of nitrogens with two attached hydrogens (primary N) is 2. The zero-order valence-electron chi connectivity index (χ0n) is 10.6. The number of aromatic carboxylic acids is 1. The number of hydrogen-bond acceptors (Lipinski definition) is 2. The highest BCUT2D eigenvalue weighted by Gasteiger charge is 2.22. The Balaban J connectivity index is 0.00000289. The Bertz CT molecular complexity index is 475. The topological polar surface area (TPSA) is 102 Å². The second kappa shape index (κ2) is 5.73. The van der Waals surface area contributed by atoms with Crippen LogP contribution in [0.4, 0.5) is 5.69 Å². The first-order chi connectivity index (χ1) is 7.73. The van der Waals surface area contributed by atoms with Crippen molar-refractivity contribution < 1.29 is 9.90 Å². The van der Waals surface area contributed by atoms with Crippen molar-refractivity contribution in [3.05, 3.63) is 29.3 Å². The van der Waals surface area contributed by atoms with Gasteiger partial charge in [0, 0.05) is 0 Å². The second-order valence-electron chi connectivity index (χ2n) is 4.79. The van der Waals surface area contributed by atoms with Gasteiger partial charge in [0.2, 0.25) is 0 Å². The largest absolute Gasteiger partial charge is 0.478 e. The third kappa shape index (κ3) is 3.63. The lowest BCUT2D eigenvalue weighted by molar-refractivity contribution is 0.0697. The summed E-state index contributed by atoms with van der Waals surface area (Å²) < 4.78 is 0. The van der Waals surface area contributed by atoms with Gasteiger partial charge in [-0.15, -0.1) is 12.4 Å². The summed E-state index contributed by atoms with van der Waals surface area (Å²) in [6.07, 6.45) is 0. The molecule has 0 heterocycles. The summed E-state index contributed by atoms with van der Waals surface area (Å²) >= 11 is 0. The molecule has 0 aliphatic heterocycles. The van der Waals surface area contributed by atoms with E-state index in [2.05, 4.69) is 4.99 Å². The molecule has 0 radical (unpaired) electrons. The maximum atomic E-state index is 11.1. The fourth-order valence-corrected chi connectivity index (χ4v) is 1.57. The third-order valence-electron chi connectivity index (χ3n) is 2.32. The molecule has 5 N–H and O–H groups in total. The Morgan fingerprint density at radius 2 is 1.83 bits per heavy atom. The Morgan fingerprint density at radius 1 is 1.28 bits per heavy atom. The standard InChI is InChI=1S/C12H17N3O2.ClH/c1-12(2,3)8-6-4-5-7(10(16)17)9(8)15-11(13)14;/h4-6H,1-3H3,(H,16,17)(H4,13,14,15);1H. The van der Waals surface area contributed by atoms with Crippen molar-refractivity contribution in [3.63, 3.8) is 0 Å². The summed E-state index contributed by atoms with van der Waals surface area (Å²) in [6, 6.07) is 5.00. The number of benzene rings is 1. The van der Waals surface area contributed by atoms with Crippen molar-refractivity contribution in [2.24, 2.45) is 16.5 Å². The maximum absolute atomic E-state index is 11.1. The lowest BCUT2D eigenvalue weighted by atomic mass is 9.84. The summed E-state index contributed by atoms with van der Waals surface area (Å²) in [6.45, 7) is 5.92. The minimum Gasteiger partial charge on any atom is -0.478 e. The van der Waals surface area contributed by atoms with Crippen molar-refractivity contribution in [1.82, 2.24) is 0 Å². The van der Waals surface area contributed by atoms with Crippen molar-refractivity contribution in [2.75, 3.05) is 0 Å². The van der Waals surface area contributed by atoms with Gasteiger partial charge in [-0.1, -0.05) is 32.9 Å². The van der Waals surface area contributed by atoms with E-state index >= 15 is 0 Å². The fourth-order valence-electron chi connectivity index (χ4n) is 1.57. The molecule has 0 amide bonds. The molecular formula is C12H18ClN3O2. The predicted molar refractivity (Wildman–Crippen MR) is 74.8 cm³/mol. The van der Waals surface area contributed by atoms with E-state index < -0.39 is 5.97 Å². The van der Waals surface area contributed by atoms with Gasteiger partial charge in [0.1, 0.15) is 0 Å². The highest BCUT2D eigenvalue weighted by Crippen LogP contribution is 2.34. The minimum atomic E-state index is -1.05. The van der Waals surface area contributed by atoms with Crippen LogP contribution in [0.15, 0.2) is 23.2 Å². The van der Waals surface area contributed by atoms with Crippen molar-refractivity contribution in [1.29, 1.82) is 0 Å². The highest BCUT2D eigenvalue weighted by atomic mass is 35.5. The highest BCUT2D eigenvalue weighted by molar-refractivity contribution is 5.96. The van der Waals surface area contributed by atoms with Gasteiger partial charge >= 0.3 is 5.97 Å². The molecule has 0 bridgehead atoms. The number of carboxylic acids is 1. The number of guanidine groups is 1. The molecule has 0 fully saturated rings. The zero-order chi connectivity index (χ0) is 13.2. The summed E-state index contributed by atoms with van der Waals surface area (Å²) in [5, 5.41) is 9.12. The van der Waals surface area contributed by atoms with E-state index in [4.69, 9.17) is 16.6 Å². The summed E-state index contributed by atoms with van der Waals surface area (Å²) in [5.41, 5.74) is 11.7. The van der Waals surface area contributed by atoms with Crippen LogP contribution in [0.2, 0.25) is 0 Å². The van der Waals surface area contributed by atoms with Gasteiger partial charge in [-0.3, -0.25) is 0 Å². The van der Waals surface area contributed by atoms with Gasteiger partial charge in [-0.25, -0.2) is 9.79 Å². The number of aliphatic imine (C=N–C) groups is 1. The Morgan fingerprint density at radius 3 is 2.22 bits per heavy atom. The van der Waals surface area contributed by atoms with Gasteiger partial charge in [0.25, 0.3) is 0 Å². The molecule has 100 valence electrons. The molecule has 0 atom stereocenters. The molecule has 0 spiro atoms. The van der Waals surface area contributed by atoms with E-state index in [0.29, 0.717) is 5.69 Å². The average Bonchev–Trinajstić information content (AvgIpc) is 2.14. The van der Waals surface area contributed by atoms with Crippen molar-refractivity contribution in [3.8, 4) is 0 Å². The van der Waals surface area contributed by atoms with E-state index in [1.807, 2.05) is 26.8 Å². The van der Waals surface area contributed by atoms with Crippen LogP contribution < -0.4 is 11.5 Å². The number of halogens is 1. The quantitative estimate of drug-likeness (QED) is 0.565. The normalized spacial score (nSPS) is 10.4. The molecule has 1 aromatic rings. The molecule has 1 rings (SSSR count). The van der Waals surface area contributed by atoms with E-state index in [9.17, 15) is 4.79 Å². The second-order valence-corrected chi connectivity index (χ2v) is 4.79. The maximum Gasteiger partial charge on any atom is 0.337 e. The molecule has 1 aromatic carbocycles. The van der Waals surface area contributed by atoms with Crippen LogP contribution in [0.25, 0.3) is 0 Å². The molecular weight excluding hydrogens is 254 g/mol. The van der Waals surface area contributed by atoms with Gasteiger partial charge in [-0.2, -0.15) is 0 Å². The van der Waals surface area contributed by atoms with E-state index in [-0.39, 0.29) is 29.3 Å². The monoisotopic (exact) mass is 271 g/mol. The number of para-hydroxylation sites is 1.